The third-order valence-corrected chi connectivity index (χ3v) is 9.94. The molecule has 0 radical (unpaired) electrons. The summed E-state index contributed by atoms with van der Waals surface area (Å²) in [6.45, 7) is 9.47. The summed E-state index contributed by atoms with van der Waals surface area (Å²) in [4.78, 5) is 56.7. The number of amides is 2. The average molecular weight is 567 g/mol. The number of esters is 1. The minimum atomic E-state index is -1.12. The molecule has 1 aromatic rings. The molecule has 224 valence electrons. The number of nitrogens with zero attached hydrogens (tertiary/aromatic N) is 6. The highest BCUT2D eigenvalue weighted by molar-refractivity contribution is 6.04. The highest BCUT2D eigenvalue weighted by Gasteiger charge is 2.53. The maximum Gasteiger partial charge on any atom is 0.321 e. The third-order valence-electron chi connectivity index (χ3n) is 9.94. The van der Waals surface area contributed by atoms with E-state index in [1.807, 2.05) is 4.90 Å². The summed E-state index contributed by atoms with van der Waals surface area (Å²) in [7, 11) is 0. The number of hydrogen-bond donors (Lipinski definition) is 0. The van der Waals surface area contributed by atoms with Crippen LogP contribution in [0.4, 0.5) is 17.3 Å². The molecule has 5 aliphatic rings. The molecule has 0 spiro atoms. The molecular weight excluding hydrogens is 520 g/mol. The van der Waals surface area contributed by atoms with Crippen molar-refractivity contribution in [3.63, 3.8) is 0 Å². The van der Waals surface area contributed by atoms with Crippen LogP contribution < -0.4 is 14.7 Å². The highest BCUT2D eigenvalue weighted by atomic mass is 16.5. The zero-order valence-corrected chi connectivity index (χ0v) is 24.7. The second-order valence-electron chi connectivity index (χ2n) is 12.4. The second kappa shape index (κ2) is 12.1. The standard InChI is InChI=1S/C31H46N6O4/c1-2-41-30(40)31(13-3-4-14-31)29(39)37-19-9-10-25(37)28(38)36-22-20-35(21-23-36)27-24(33-15-5-6-16-33)11-12-26(32-27)34-17-7-8-18-34/h11-12,25H,2-10,13-23H2,1H3. The van der Waals surface area contributed by atoms with Gasteiger partial charge in [-0.1, -0.05) is 12.8 Å². The van der Waals surface area contributed by atoms with Crippen LogP contribution in [0.5, 0.6) is 0 Å². The number of likely N-dealkylation sites (tertiary alicyclic amines) is 1. The summed E-state index contributed by atoms with van der Waals surface area (Å²) in [5, 5.41) is 0. The number of rotatable bonds is 7. The molecule has 10 heteroatoms. The molecule has 1 unspecified atom stereocenters. The maximum absolute atomic E-state index is 13.9. The van der Waals surface area contributed by atoms with E-state index in [0.29, 0.717) is 38.9 Å². The van der Waals surface area contributed by atoms with E-state index in [9.17, 15) is 14.4 Å². The predicted octanol–water partition coefficient (Wildman–Crippen LogP) is 3.05. The lowest BCUT2D eigenvalue weighted by Crippen LogP contribution is -2.57. The Labute approximate surface area is 244 Å². The molecule has 0 bridgehead atoms. The first-order chi connectivity index (χ1) is 20.0. The van der Waals surface area contributed by atoms with Gasteiger partial charge in [0.2, 0.25) is 11.8 Å². The van der Waals surface area contributed by atoms with Gasteiger partial charge in [-0.05, 0) is 70.4 Å². The smallest absolute Gasteiger partial charge is 0.321 e. The molecule has 1 atom stereocenters. The summed E-state index contributed by atoms with van der Waals surface area (Å²) in [5.74, 6) is 1.51. The van der Waals surface area contributed by atoms with Crippen molar-refractivity contribution in [2.45, 2.75) is 77.2 Å². The van der Waals surface area contributed by atoms with Crippen LogP contribution in [0.25, 0.3) is 0 Å². The molecule has 0 aromatic carbocycles. The SMILES string of the molecule is CCOC(=O)C1(C(=O)N2CCCC2C(=O)N2CCN(c3nc(N4CCCC4)ccc3N3CCCC3)CC2)CCCC1. The van der Waals surface area contributed by atoms with Crippen LogP contribution in [0.2, 0.25) is 0 Å². The number of aromatic nitrogens is 1. The fourth-order valence-corrected chi connectivity index (χ4v) is 7.63. The number of anilines is 3. The van der Waals surface area contributed by atoms with E-state index in [1.54, 1.807) is 11.8 Å². The lowest BCUT2D eigenvalue weighted by atomic mass is 9.84. The van der Waals surface area contributed by atoms with E-state index < -0.39 is 17.4 Å². The van der Waals surface area contributed by atoms with Crippen LogP contribution in [-0.4, -0.2) is 104 Å². The van der Waals surface area contributed by atoms with Gasteiger partial charge in [-0.25, -0.2) is 4.98 Å². The van der Waals surface area contributed by atoms with Gasteiger partial charge in [-0.2, -0.15) is 0 Å². The molecule has 10 nitrogen and oxygen atoms in total. The van der Waals surface area contributed by atoms with E-state index in [0.717, 1.165) is 70.2 Å². The summed E-state index contributed by atoms with van der Waals surface area (Å²) < 4.78 is 5.36. The Kier molecular flexibility index (Phi) is 8.26. The first kappa shape index (κ1) is 28.1. The fraction of sp³-hybridized carbons (Fsp3) is 0.742. The van der Waals surface area contributed by atoms with Gasteiger partial charge >= 0.3 is 5.97 Å². The molecule has 41 heavy (non-hydrogen) atoms. The topological polar surface area (TPSA) is 89.5 Å². The van der Waals surface area contributed by atoms with Gasteiger partial charge in [-0.15, -0.1) is 0 Å². The van der Waals surface area contributed by atoms with Gasteiger partial charge in [0.15, 0.2) is 5.82 Å². The second-order valence-corrected chi connectivity index (χ2v) is 12.4. The summed E-state index contributed by atoms with van der Waals surface area (Å²) in [6, 6.07) is 3.95. The molecule has 1 saturated carbocycles. The minimum absolute atomic E-state index is 0.0195. The van der Waals surface area contributed by atoms with E-state index in [2.05, 4.69) is 26.8 Å². The lowest BCUT2D eigenvalue weighted by molar-refractivity contribution is -0.167. The number of pyridine rings is 1. The highest BCUT2D eigenvalue weighted by Crippen LogP contribution is 2.43. The van der Waals surface area contributed by atoms with Crippen LogP contribution in [0, 0.1) is 5.41 Å². The van der Waals surface area contributed by atoms with Crippen molar-refractivity contribution in [1.29, 1.82) is 0 Å². The van der Waals surface area contributed by atoms with E-state index >= 15 is 0 Å². The molecule has 1 aliphatic carbocycles. The van der Waals surface area contributed by atoms with E-state index in [4.69, 9.17) is 9.72 Å². The first-order valence-corrected chi connectivity index (χ1v) is 16.0. The average Bonchev–Trinajstić information content (AvgIpc) is 3.84. The Morgan fingerprint density at radius 2 is 1.46 bits per heavy atom. The Morgan fingerprint density at radius 1 is 0.805 bits per heavy atom. The van der Waals surface area contributed by atoms with Crippen LogP contribution in [0.3, 0.4) is 0 Å². The van der Waals surface area contributed by atoms with Crippen LogP contribution in [-0.2, 0) is 19.1 Å². The molecule has 1 aromatic heterocycles. The van der Waals surface area contributed by atoms with Gasteiger partial charge < -0.3 is 29.2 Å². The number of carbonyl (C=O) groups excluding carboxylic acids is 3. The van der Waals surface area contributed by atoms with Crippen molar-refractivity contribution in [3.05, 3.63) is 12.1 Å². The monoisotopic (exact) mass is 566 g/mol. The number of hydrogen-bond acceptors (Lipinski definition) is 8. The van der Waals surface area contributed by atoms with Crippen molar-refractivity contribution in [2.24, 2.45) is 5.41 Å². The number of ether oxygens (including phenoxy) is 1. The van der Waals surface area contributed by atoms with Crippen LogP contribution in [0.1, 0.15) is 71.1 Å². The van der Waals surface area contributed by atoms with Gasteiger partial charge in [0, 0.05) is 58.9 Å². The van der Waals surface area contributed by atoms with Crippen LogP contribution in [0.15, 0.2) is 12.1 Å². The number of carbonyl (C=O) groups is 3. The van der Waals surface area contributed by atoms with Gasteiger partial charge in [0.25, 0.3) is 0 Å². The molecular formula is C31H46N6O4. The molecule has 0 N–H and O–H groups in total. The molecule has 4 aliphatic heterocycles. The molecule has 6 rings (SSSR count). The molecule has 4 saturated heterocycles. The van der Waals surface area contributed by atoms with Crippen molar-refractivity contribution in [1.82, 2.24) is 14.8 Å². The fourth-order valence-electron chi connectivity index (χ4n) is 7.63. The third kappa shape index (κ3) is 5.34. The van der Waals surface area contributed by atoms with E-state index in [1.165, 1.54) is 31.4 Å². The number of piperazine rings is 1. The van der Waals surface area contributed by atoms with Crippen molar-refractivity contribution in [3.8, 4) is 0 Å². The van der Waals surface area contributed by atoms with Crippen molar-refractivity contribution < 1.29 is 19.1 Å². The van der Waals surface area contributed by atoms with Crippen molar-refractivity contribution >= 4 is 35.1 Å². The summed E-state index contributed by atoms with van der Waals surface area (Å²) in [5.41, 5.74) is 0.0916. The lowest BCUT2D eigenvalue weighted by Gasteiger charge is -2.40. The Balaban J connectivity index is 1.15. The molecule has 2 amide bonds. The summed E-state index contributed by atoms with van der Waals surface area (Å²) in [6.07, 6.45) is 9.01. The first-order valence-electron chi connectivity index (χ1n) is 16.0. The normalized spacial score (nSPS) is 24.4. The molecule has 5 heterocycles. The Morgan fingerprint density at radius 3 is 2.12 bits per heavy atom. The quantitative estimate of drug-likeness (QED) is 0.368. The van der Waals surface area contributed by atoms with Gasteiger partial charge in [0.1, 0.15) is 17.3 Å². The van der Waals surface area contributed by atoms with E-state index in [-0.39, 0.29) is 18.4 Å². The van der Waals surface area contributed by atoms with Crippen LogP contribution >= 0.6 is 0 Å². The largest absolute Gasteiger partial charge is 0.465 e. The van der Waals surface area contributed by atoms with Crippen molar-refractivity contribution in [2.75, 3.05) is 80.2 Å². The molecule has 5 fully saturated rings. The Hall–Kier alpha value is -3.04. The van der Waals surface area contributed by atoms with Gasteiger partial charge in [0.05, 0.1) is 12.3 Å². The zero-order valence-electron chi connectivity index (χ0n) is 24.7. The van der Waals surface area contributed by atoms with Gasteiger partial charge in [-0.3, -0.25) is 14.4 Å². The maximum atomic E-state index is 13.9. The Bertz CT molecular complexity index is 1120. The zero-order chi connectivity index (χ0) is 28.4. The minimum Gasteiger partial charge on any atom is -0.465 e. The summed E-state index contributed by atoms with van der Waals surface area (Å²) >= 11 is 0. The predicted molar refractivity (Wildman–Crippen MR) is 158 cm³/mol.